The summed E-state index contributed by atoms with van der Waals surface area (Å²) in [5, 5.41) is 74.2. The molecule has 11 heteroatoms. The van der Waals surface area contributed by atoms with Gasteiger partial charge in [0.05, 0.1) is 49.1 Å². The molecule has 12 atom stereocenters. The van der Waals surface area contributed by atoms with Crippen molar-refractivity contribution in [2.24, 2.45) is 23.7 Å². The van der Waals surface area contributed by atoms with E-state index in [-0.39, 0.29) is 24.9 Å². The van der Waals surface area contributed by atoms with Crippen molar-refractivity contribution in [2.75, 3.05) is 7.11 Å². The number of methoxy groups -OCH3 is 1. The van der Waals surface area contributed by atoms with Crippen LogP contribution in [0.15, 0.2) is 108 Å². The Morgan fingerprint density at radius 3 is 2.10 bits per heavy atom. The Bertz CT molecular complexity index is 1500. The van der Waals surface area contributed by atoms with Crippen LogP contribution in [0.4, 0.5) is 0 Å². The summed E-state index contributed by atoms with van der Waals surface area (Å²) in [5.41, 5.74) is 1.61. The number of aliphatic carboxylic acids is 1. The molecule has 11 nitrogen and oxygen atoms in total. The molecule has 1 aliphatic heterocycles. The molecule has 0 saturated heterocycles. The Balaban J connectivity index is 2.98. The van der Waals surface area contributed by atoms with Crippen LogP contribution in [0.2, 0.25) is 0 Å². The summed E-state index contributed by atoms with van der Waals surface area (Å²) in [5.74, 6) is -3.64. The second-order valence-corrected chi connectivity index (χ2v) is 16.4. The molecule has 1 aliphatic rings. The number of carboxylic acid groups (broad SMARTS) is 1. The first kappa shape index (κ1) is 54.3. The molecule has 1 rings (SSSR count). The number of cyclic esters (lactones) is 1. The van der Waals surface area contributed by atoms with Crippen molar-refractivity contribution in [2.45, 2.75) is 155 Å². The quantitative estimate of drug-likeness (QED) is 0.0493. The van der Waals surface area contributed by atoms with E-state index in [9.17, 15) is 40.2 Å². The van der Waals surface area contributed by atoms with E-state index in [1.807, 2.05) is 98.9 Å². The molecule has 60 heavy (non-hydrogen) atoms. The van der Waals surface area contributed by atoms with Gasteiger partial charge in [0.2, 0.25) is 0 Å². The van der Waals surface area contributed by atoms with E-state index in [1.54, 1.807) is 47.0 Å². The molecule has 0 fully saturated rings. The van der Waals surface area contributed by atoms with Crippen LogP contribution in [0, 0.1) is 23.7 Å². The van der Waals surface area contributed by atoms with Gasteiger partial charge in [-0.15, -0.1) is 0 Å². The summed E-state index contributed by atoms with van der Waals surface area (Å²) in [6.45, 7) is 10.7. The van der Waals surface area contributed by atoms with Crippen LogP contribution in [0.1, 0.15) is 106 Å². The van der Waals surface area contributed by atoms with Crippen molar-refractivity contribution >= 4 is 11.9 Å². The molecule has 0 aromatic carbocycles. The summed E-state index contributed by atoms with van der Waals surface area (Å²) in [6.07, 6.45) is 26.7. The van der Waals surface area contributed by atoms with Crippen molar-refractivity contribution in [1.82, 2.24) is 0 Å². The van der Waals surface area contributed by atoms with Crippen LogP contribution in [0.5, 0.6) is 0 Å². The lowest BCUT2D eigenvalue weighted by molar-refractivity contribution is -0.159. The fourth-order valence-corrected chi connectivity index (χ4v) is 6.86. The van der Waals surface area contributed by atoms with Gasteiger partial charge in [-0.05, 0) is 64.7 Å². The Kier molecular flexibility index (Phi) is 28.3. The van der Waals surface area contributed by atoms with Crippen molar-refractivity contribution in [1.29, 1.82) is 0 Å². The SMILES string of the molecule is CO[C@@H]1C/C=C\C=C\C[C@H](C)[C@@H](O)[C@H](C)[C@@H](O)[C@H](C)[C@H](O)CC(=O)O[C@H]([C@@H](C)[C@H](O)\C=C(C)/C=C/C=C/C=C/C=C/C=C/C[C@H](O)/C=C(/C)CCC(=O)O)C[C@H](O)CCC1. The number of aliphatic hydroxyl groups excluding tert-OH is 6. The lowest BCUT2D eigenvalue weighted by atomic mass is 9.81. The van der Waals surface area contributed by atoms with Crippen LogP contribution in [0.3, 0.4) is 0 Å². The molecule has 0 spiro atoms. The van der Waals surface area contributed by atoms with E-state index in [0.29, 0.717) is 38.5 Å². The number of allylic oxidation sites excluding steroid dienone is 14. The van der Waals surface area contributed by atoms with Gasteiger partial charge in [-0.25, -0.2) is 0 Å². The number of carboxylic acids is 1. The van der Waals surface area contributed by atoms with E-state index in [1.165, 1.54) is 0 Å². The third kappa shape index (κ3) is 23.9. The lowest BCUT2D eigenvalue weighted by Gasteiger charge is -2.33. The third-order valence-electron chi connectivity index (χ3n) is 11.1. The summed E-state index contributed by atoms with van der Waals surface area (Å²) in [7, 11) is 1.66. The molecule has 0 aromatic heterocycles. The Morgan fingerprint density at radius 2 is 1.47 bits per heavy atom. The van der Waals surface area contributed by atoms with Crippen LogP contribution in [-0.4, -0.2) is 104 Å². The third-order valence-corrected chi connectivity index (χ3v) is 11.1. The highest BCUT2D eigenvalue weighted by molar-refractivity contribution is 5.70. The first-order valence-electron chi connectivity index (χ1n) is 21.5. The van der Waals surface area contributed by atoms with E-state index < -0.39 is 78.8 Å². The number of aliphatic hydroxyl groups is 6. The highest BCUT2D eigenvalue weighted by atomic mass is 16.5. The zero-order chi connectivity index (χ0) is 45.0. The smallest absolute Gasteiger partial charge is 0.308 e. The number of carbonyl (C=O) groups excluding carboxylic acids is 1. The minimum atomic E-state index is -1.25. The largest absolute Gasteiger partial charge is 0.481 e. The topological polar surface area (TPSA) is 194 Å². The van der Waals surface area contributed by atoms with Crippen molar-refractivity contribution < 1.29 is 54.8 Å². The molecular weight excluding hydrogens is 765 g/mol. The molecule has 0 bridgehead atoms. The van der Waals surface area contributed by atoms with Crippen molar-refractivity contribution in [3.63, 3.8) is 0 Å². The molecule has 7 N–H and O–H groups in total. The Hall–Kier alpha value is -3.68. The van der Waals surface area contributed by atoms with Gasteiger partial charge in [0.25, 0.3) is 0 Å². The fourth-order valence-electron chi connectivity index (χ4n) is 6.86. The number of hydrogen-bond acceptors (Lipinski definition) is 10. The second-order valence-electron chi connectivity index (χ2n) is 16.4. The highest BCUT2D eigenvalue weighted by Crippen LogP contribution is 2.28. The fraction of sp³-hybridized carbons (Fsp3) is 0.592. The Labute approximate surface area is 359 Å². The number of rotatable bonds is 15. The van der Waals surface area contributed by atoms with E-state index in [0.717, 1.165) is 17.6 Å². The minimum Gasteiger partial charge on any atom is -0.481 e. The zero-order valence-electron chi connectivity index (χ0n) is 37.0. The average molecular weight is 841 g/mol. The van der Waals surface area contributed by atoms with Crippen LogP contribution >= 0.6 is 0 Å². The first-order chi connectivity index (χ1) is 28.5. The normalized spacial score (nSPS) is 30.9. The van der Waals surface area contributed by atoms with E-state index in [2.05, 4.69) is 0 Å². The van der Waals surface area contributed by atoms with Crippen LogP contribution in [0.25, 0.3) is 0 Å². The predicted molar refractivity (Wildman–Crippen MR) is 239 cm³/mol. The highest BCUT2D eigenvalue weighted by Gasteiger charge is 2.35. The maximum absolute atomic E-state index is 13.3. The molecule has 1 heterocycles. The molecule has 0 saturated carbocycles. The van der Waals surface area contributed by atoms with Crippen LogP contribution in [-0.2, 0) is 19.1 Å². The van der Waals surface area contributed by atoms with Gasteiger partial charge in [0.15, 0.2) is 0 Å². The molecule has 0 aliphatic carbocycles. The van der Waals surface area contributed by atoms with Crippen LogP contribution < -0.4 is 0 Å². The molecule has 0 radical (unpaired) electrons. The number of ether oxygens (including phenoxy) is 2. The summed E-state index contributed by atoms with van der Waals surface area (Å²) in [6, 6.07) is 0. The number of esters is 1. The molecule has 0 amide bonds. The van der Waals surface area contributed by atoms with Gasteiger partial charge >= 0.3 is 11.9 Å². The monoisotopic (exact) mass is 841 g/mol. The lowest BCUT2D eigenvalue weighted by Crippen LogP contribution is -2.42. The summed E-state index contributed by atoms with van der Waals surface area (Å²) < 4.78 is 11.5. The van der Waals surface area contributed by atoms with Crippen molar-refractivity contribution in [3.05, 3.63) is 108 Å². The standard InChI is InChI=1S/C49H76O11/c1-34(22-17-13-11-9-8-10-12-14-19-24-40(50)30-35(2)28-29-46(54)55)31-43(52)37(4)45-32-41(51)25-21-27-42(59-7)26-20-16-15-18-23-36(3)48(57)39(6)49(58)38(5)44(53)33-47(56)60-45/h8-20,22,30-31,36-45,48-53,57-58H,21,23-29,32-33H2,1-7H3,(H,54,55)/b9-8+,12-10+,13-11+,18-15+,19-14+,20-16-,22-17+,34-31-,35-30-/t36-,37-,38+,39-,40-,41+,42+,43+,44+,45-,48+,49-/m0/s1. The van der Waals surface area contributed by atoms with Gasteiger partial charge in [0, 0.05) is 37.7 Å². The zero-order valence-corrected chi connectivity index (χ0v) is 37.0. The second kappa shape index (κ2) is 31.2. The summed E-state index contributed by atoms with van der Waals surface area (Å²) >= 11 is 0. The molecule has 0 unspecified atom stereocenters. The maximum Gasteiger partial charge on any atom is 0.308 e. The van der Waals surface area contributed by atoms with E-state index >= 15 is 0 Å². The number of carbonyl (C=O) groups is 2. The predicted octanol–water partition coefficient (Wildman–Crippen LogP) is 7.41. The van der Waals surface area contributed by atoms with Gasteiger partial charge in [-0.1, -0.05) is 136 Å². The van der Waals surface area contributed by atoms with Gasteiger partial charge in [0.1, 0.15) is 6.10 Å². The number of hydrogen-bond donors (Lipinski definition) is 7. The first-order valence-corrected chi connectivity index (χ1v) is 21.5. The van der Waals surface area contributed by atoms with Gasteiger partial charge in [-0.3, -0.25) is 9.59 Å². The molecule has 338 valence electrons. The van der Waals surface area contributed by atoms with Gasteiger partial charge < -0.3 is 45.2 Å². The minimum absolute atomic E-state index is 0.0389. The van der Waals surface area contributed by atoms with E-state index in [4.69, 9.17) is 14.6 Å². The Morgan fingerprint density at radius 1 is 0.850 bits per heavy atom. The van der Waals surface area contributed by atoms with Gasteiger partial charge in [-0.2, -0.15) is 0 Å². The summed E-state index contributed by atoms with van der Waals surface area (Å²) in [4.78, 5) is 23.9. The molecule has 0 aromatic rings. The molecular formula is C49H76O11. The average Bonchev–Trinajstić information content (AvgIpc) is 3.20. The maximum atomic E-state index is 13.3. The van der Waals surface area contributed by atoms with Crippen molar-refractivity contribution in [3.8, 4) is 0 Å².